The van der Waals surface area contributed by atoms with Crippen molar-refractivity contribution in [3.63, 3.8) is 0 Å². The summed E-state index contributed by atoms with van der Waals surface area (Å²) in [5, 5.41) is 3.56. The molecular weight excluding hydrogens is 975 g/mol. The first kappa shape index (κ1) is 54.6. The molecule has 350 valence electrons. The Labute approximate surface area is 457 Å². The summed E-state index contributed by atoms with van der Waals surface area (Å²) in [6, 6.07) is 82.0. The molecule has 1 unspecified atom stereocenters. The maximum Gasteiger partial charge on any atom is 4.00 e. The van der Waals surface area contributed by atoms with E-state index in [9.17, 15) is 0 Å². The average molecular weight is 1030 g/mol. The van der Waals surface area contributed by atoms with E-state index in [1.165, 1.54) is 116 Å². The second-order valence-electron chi connectivity index (χ2n) is 18.6. The first-order valence-electron chi connectivity index (χ1n) is 23.7. The number of aryl methyl sites for hydroxylation is 3. The Balaban J connectivity index is 0.00000206. The van der Waals surface area contributed by atoms with Crippen molar-refractivity contribution >= 4 is 23.6 Å². The molecule has 0 saturated carbocycles. The van der Waals surface area contributed by atoms with Crippen LogP contribution in [0.2, 0.25) is 5.04 Å². The number of halogens is 3. The number of allylic oxidation sites excluding steroid dienone is 4. The fourth-order valence-electron chi connectivity index (χ4n) is 11.5. The Kier molecular flexibility index (Phi) is 17.5. The molecular formula is C66H57Cl3SiTi. The number of hydrogen-bond acceptors (Lipinski definition) is 0. The molecule has 1 aliphatic carbocycles. The summed E-state index contributed by atoms with van der Waals surface area (Å²) in [6.45, 7) is 16.7. The van der Waals surface area contributed by atoms with Crippen molar-refractivity contribution in [3.05, 3.63) is 258 Å². The number of hydrogen-bond donors (Lipinski definition) is 0. The molecule has 0 fully saturated rings. The van der Waals surface area contributed by atoms with Crippen molar-refractivity contribution in [1.29, 1.82) is 0 Å². The van der Waals surface area contributed by atoms with E-state index in [4.69, 9.17) is 0 Å². The van der Waals surface area contributed by atoms with E-state index < -0.39 is 13.1 Å². The largest absolute Gasteiger partial charge is 4.00 e. The van der Waals surface area contributed by atoms with Crippen LogP contribution in [0, 0.1) is 26.8 Å². The Morgan fingerprint density at radius 3 is 0.789 bits per heavy atom. The van der Waals surface area contributed by atoms with Crippen LogP contribution >= 0.6 is 0 Å². The molecule has 0 aromatic heterocycles. The second kappa shape index (κ2) is 22.8. The minimum atomic E-state index is -3.91. The van der Waals surface area contributed by atoms with E-state index in [0.29, 0.717) is 0 Å². The molecule has 0 amide bonds. The van der Waals surface area contributed by atoms with Crippen molar-refractivity contribution in [2.24, 2.45) is 0 Å². The van der Waals surface area contributed by atoms with Gasteiger partial charge in [0, 0.05) is 0 Å². The summed E-state index contributed by atoms with van der Waals surface area (Å²) in [6.07, 6.45) is 4.50. The summed E-state index contributed by atoms with van der Waals surface area (Å²) >= 11 is 0. The third kappa shape index (κ3) is 9.35. The third-order valence-electron chi connectivity index (χ3n) is 14.9. The molecule has 0 heterocycles. The molecule has 9 aromatic carbocycles. The Morgan fingerprint density at radius 2 is 0.563 bits per heavy atom. The zero-order chi connectivity index (χ0) is 46.3. The van der Waals surface area contributed by atoms with Crippen molar-refractivity contribution in [3.8, 4) is 66.8 Å². The molecule has 0 N–H and O–H groups in total. The van der Waals surface area contributed by atoms with Crippen LogP contribution in [0.3, 0.4) is 0 Å². The van der Waals surface area contributed by atoms with Gasteiger partial charge in [0.1, 0.15) is 8.07 Å². The van der Waals surface area contributed by atoms with E-state index in [2.05, 4.69) is 273 Å². The van der Waals surface area contributed by atoms with Crippen LogP contribution in [0.15, 0.2) is 235 Å². The third-order valence-corrected chi connectivity index (χ3v) is 20.7. The Hall–Kier alpha value is -5.74. The SMILES string of the molecule is CC1=[C-]C(C)([Si](c2c(-c3ccccc3)ccc(C)c2-c2ccccc2)(c2c(-c3ccccc3)ccc(C)c2-c2ccccc2)c2c(-c3ccccc3)ccc(C)c2-c2ccccc2)C(C)=C1C.[Cl-].[Cl-].[Cl-].[Ti+4]. The molecule has 0 radical (unpaired) electrons. The molecule has 10 rings (SSSR count). The van der Waals surface area contributed by atoms with Crippen LogP contribution in [0.1, 0.15) is 44.4 Å². The van der Waals surface area contributed by atoms with Gasteiger partial charge in [0.15, 0.2) is 0 Å². The fourth-order valence-corrected chi connectivity index (χ4v) is 18.9. The maximum atomic E-state index is 4.50. The zero-order valence-corrected chi connectivity index (χ0v) is 46.2. The number of benzene rings is 9. The van der Waals surface area contributed by atoms with E-state index in [1.54, 1.807) is 0 Å². The standard InChI is InChI=1S/C66H57Si.3ClH.Ti/c1-45-38-41-57(51-26-14-8-15-27-51)63(60(45)54-32-20-11-21-33-54)67(66(7)44-48(4)49(5)50(66)6,64-58(52-28-16-9-17-29-52)42-39-46(2)61(64)55-34-22-12-23-35-55)65-59(53-30-18-10-19-31-53)43-40-47(3)62(65)56-36-24-13-25-37-56;;;;/h8-43H,1-7H3;3*1H;/q-1;;;;+4/p-3. The van der Waals surface area contributed by atoms with Crippen LogP contribution in [-0.2, 0) is 21.7 Å². The van der Waals surface area contributed by atoms with Gasteiger partial charge in [-0.15, -0.1) is 6.92 Å². The van der Waals surface area contributed by atoms with Gasteiger partial charge in [-0.05, 0) is 120 Å². The molecule has 0 nitrogen and oxygen atoms in total. The fraction of sp³-hybridized carbons (Fsp3) is 0.121. The van der Waals surface area contributed by atoms with Crippen LogP contribution in [-0.4, -0.2) is 8.07 Å². The smallest absolute Gasteiger partial charge is 1.00 e. The topological polar surface area (TPSA) is 0 Å². The summed E-state index contributed by atoms with van der Waals surface area (Å²) in [4.78, 5) is 0. The monoisotopic (exact) mass is 1030 g/mol. The predicted molar refractivity (Wildman–Crippen MR) is 290 cm³/mol. The number of rotatable bonds is 10. The molecule has 0 spiro atoms. The van der Waals surface area contributed by atoms with Crippen molar-refractivity contribution < 1.29 is 58.9 Å². The Morgan fingerprint density at radius 1 is 0.324 bits per heavy atom. The van der Waals surface area contributed by atoms with Crippen molar-refractivity contribution in [1.82, 2.24) is 0 Å². The maximum absolute atomic E-state index is 4.50. The first-order valence-corrected chi connectivity index (χ1v) is 25.7. The second-order valence-corrected chi connectivity index (χ2v) is 22.6. The summed E-state index contributed by atoms with van der Waals surface area (Å²) in [7, 11) is -3.91. The van der Waals surface area contributed by atoms with E-state index in [0.717, 1.165) is 0 Å². The minimum absolute atomic E-state index is 0. The van der Waals surface area contributed by atoms with Crippen molar-refractivity contribution in [2.75, 3.05) is 0 Å². The van der Waals surface area contributed by atoms with Gasteiger partial charge in [0.2, 0.25) is 0 Å². The average Bonchev–Trinajstić information content (AvgIpc) is 3.58. The van der Waals surface area contributed by atoms with Gasteiger partial charge in [0.25, 0.3) is 0 Å². The molecule has 71 heavy (non-hydrogen) atoms. The molecule has 0 aliphatic heterocycles. The van der Waals surface area contributed by atoms with Crippen LogP contribution in [0.5, 0.6) is 0 Å². The summed E-state index contributed by atoms with van der Waals surface area (Å²) in [5.41, 5.74) is 22.6. The molecule has 0 saturated heterocycles. The van der Waals surface area contributed by atoms with Gasteiger partial charge in [-0.2, -0.15) is 11.1 Å². The molecule has 1 atom stereocenters. The molecule has 0 bridgehead atoms. The quantitative estimate of drug-likeness (QED) is 0.0792. The molecule has 5 heteroatoms. The van der Waals surface area contributed by atoms with E-state index in [-0.39, 0.29) is 58.9 Å². The Bertz CT molecular complexity index is 3020. The van der Waals surface area contributed by atoms with Crippen LogP contribution < -0.4 is 52.8 Å². The summed E-state index contributed by atoms with van der Waals surface area (Å²) < 4.78 is 0. The summed E-state index contributed by atoms with van der Waals surface area (Å²) in [5.74, 6) is 0. The van der Waals surface area contributed by atoms with E-state index in [1.807, 2.05) is 0 Å². The van der Waals surface area contributed by atoms with Gasteiger partial charge in [0.05, 0.1) is 0 Å². The van der Waals surface area contributed by atoms with Gasteiger partial charge >= 0.3 is 21.7 Å². The van der Waals surface area contributed by atoms with E-state index >= 15 is 0 Å². The van der Waals surface area contributed by atoms with Crippen LogP contribution in [0.4, 0.5) is 0 Å². The zero-order valence-electron chi connectivity index (χ0n) is 41.4. The molecule has 9 aromatic rings. The van der Waals surface area contributed by atoms with Gasteiger partial charge in [-0.1, -0.05) is 244 Å². The van der Waals surface area contributed by atoms with Gasteiger partial charge < -0.3 is 37.2 Å². The van der Waals surface area contributed by atoms with Crippen LogP contribution in [0.25, 0.3) is 66.8 Å². The molecule has 1 aliphatic rings. The van der Waals surface area contributed by atoms with Gasteiger partial charge in [-0.25, -0.2) is 5.57 Å². The van der Waals surface area contributed by atoms with Crippen molar-refractivity contribution in [2.45, 2.75) is 53.5 Å². The predicted octanol–water partition coefficient (Wildman–Crippen LogP) is 6.95. The minimum Gasteiger partial charge on any atom is -1.00 e. The normalized spacial score (nSPS) is 14.0. The first-order chi connectivity index (χ1) is 32.6. The van der Waals surface area contributed by atoms with Gasteiger partial charge in [-0.3, -0.25) is 6.08 Å².